The molecule has 1 aromatic carbocycles. The van der Waals surface area contributed by atoms with Crippen molar-refractivity contribution in [2.24, 2.45) is 7.05 Å². The Morgan fingerprint density at radius 2 is 1.81 bits per heavy atom. The van der Waals surface area contributed by atoms with Crippen molar-refractivity contribution in [2.45, 2.75) is 25.9 Å². The van der Waals surface area contributed by atoms with Crippen molar-refractivity contribution in [1.29, 1.82) is 0 Å². The molecule has 4 rings (SSSR count). The first-order valence-electron chi connectivity index (χ1n) is 9.44. The lowest BCUT2D eigenvalue weighted by atomic mass is 10.1. The van der Waals surface area contributed by atoms with Crippen molar-refractivity contribution < 1.29 is 4.79 Å². The Labute approximate surface area is 155 Å². The zero-order chi connectivity index (χ0) is 18.1. The first-order valence-corrected chi connectivity index (χ1v) is 9.44. The molecule has 0 saturated carbocycles. The fourth-order valence-electron chi connectivity index (χ4n) is 4.16. The van der Waals surface area contributed by atoms with Gasteiger partial charge in [0, 0.05) is 52.4 Å². The van der Waals surface area contributed by atoms with Gasteiger partial charge in [-0.05, 0) is 18.9 Å². The Hall–Kier alpha value is -2.18. The summed E-state index contributed by atoms with van der Waals surface area (Å²) < 4.78 is 1.81. The number of piperazine rings is 1. The molecular weight excluding hydrogens is 326 g/mol. The third-order valence-electron chi connectivity index (χ3n) is 5.53. The molecule has 1 atom stereocenters. The fourth-order valence-corrected chi connectivity index (χ4v) is 4.16. The van der Waals surface area contributed by atoms with Gasteiger partial charge in [-0.1, -0.05) is 30.3 Å². The van der Waals surface area contributed by atoms with E-state index in [4.69, 9.17) is 0 Å². The van der Waals surface area contributed by atoms with Gasteiger partial charge < -0.3 is 0 Å². The van der Waals surface area contributed by atoms with Crippen molar-refractivity contribution in [1.82, 2.24) is 19.6 Å². The van der Waals surface area contributed by atoms with Crippen LogP contribution in [-0.4, -0.2) is 64.3 Å². The number of carbonyl (C=O) groups excluding carboxylic acids is 1. The lowest BCUT2D eigenvalue weighted by molar-refractivity contribution is -0.122. The predicted octanol–water partition coefficient (Wildman–Crippen LogP) is 1.65. The van der Waals surface area contributed by atoms with E-state index in [-0.39, 0.29) is 11.9 Å². The minimum absolute atomic E-state index is 0.0177. The average molecular weight is 353 g/mol. The molecule has 1 aromatic heterocycles. The number of benzene rings is 1. The van der Waals surface area contributed by atoms with Crippen LogP contribution in [0.5, 0.6) is 0 Å². The zero-order valence-corrected chi connectivity index (χ0v) is 15.6. The molecule has 2 aliphatic heterocycles. The molecule has 0 aliphatic carbocycles. The van der Waals surface area contributed by atoms with Crippen LogP contribution < -0.4 is 4.90 Å². The summed E-state index contributed by atoms with van der Waals surface area (Å²) in [7, 11) is 1.91. The van der Waals surface area contributed by atoms with E-state index < -0.39 is 0 Å². The number of hydrogen-bond acceptors (Lipinski definition) is 4. The lowest BCUT2D eigenvalue weighted by Crippen LogP contribution is -2.52. The monoisotopic (exact) mass is 353 g/mol. The number of anilines is 1. The van der Waals surface area contributed by atoms with Gasteiger partial charge in [0.05, 0.1) is 11.7 Å². The van der Waals surface area contributed by atoms with Crippen molar-refractivity contribution in [3.63, 3.8) is 0 Å². The molecule has 6 heteroatoms. The van der Waals surface area contributed by atoms with Gasteiger partial charge in [0.15, 0.2) is 0 Å². The summed E-state index contributed by atoms with van der Waals surface area (Å²) in [6, 6.07) is 12.6. The van der Waals surface area contributed by atoms with Crippen LogP contribution in [0.1, 0.15) is 17.7 Å². The van der Waals surface area contributed by atoms with Crippen molar-refractivity contribution >= 4 is 11.7 Å². The summed E-state index contributed by atoms with van der Waals surface area (Å²) in [6.45, 7) is 7.70. The van der Waals surface area contributed by atoms with Gasteiger partial charge in [0.1, 0.15) is 5.82 Å². The van der Waals surface area contributed by atoms with Gasteiger partial charge >= 0.3 is 0 Å². The van der Waals surface area contributed by atoms with Crippen LogP contribution in [0.3, 0.4) is 0 Å². The molecule has 0 spiro atoms. The molecule has 0 bridgehead atoms. The highest BCUT2D eigenvalue weighted by Crippen LogP contribution is 2.25. The van der Waals surface area contributed by atoms with E-state index in [1.807, 2.05) is 29.6 Å². The van der Waals surface area contributed by atoms with E-state index in [9.17, 15) is 4.79 Å². The normalized spacial score (nSPS) is 22.3. The molecule has 2 aromatic rings. The van der Waals surface area contributed by atoms with Gasteiger partial charge in [0.25, 0.3) is 0 Å². The molecule has 6 nitrogen and oxygen atoms in total. The van der Waals surface area contributed by atoms with Crippen LogP contribution in [-0.2, 0) is 18.4 Å². The maximum atomic E-state index is 13.0. The summed E-state index contributed by atoms with van der Waals surface area (Å²) in [5.41, 5.74) is 2.31. The second-order valence-corrected chi connectivity index (χ2v) is 7.36. The minimum atomic E-state index is 0.0177. The summed E-state index contributed by atoms with van der Waals surface area (Å²) in [5, 5.41) is 4.38. The van der Waals surface area contributed by atoms with Crippen LogP contribution in [0.4, 0.5) is 5.82 Å². The highest BCUT2D eigenvalue weighted by atomic mass is 16.2. The number of aromatic nitrogens is 2. The SMILES string of the molecule is Cc1cc(N2CCC(N3CCN(Cc4ccccc4)CC3)C2=O)n(C)n1. The van der Waals surface area contributed by atoms with Gasteiger partial charge in [-0.15, -0.1) is 0 Å². The highest BCUT2D eigenvalue weighted by molar-refractivity contribution is 5.98. The van der Waals surface area contributed by atoms with Gasteiger partial charge in [-0.3, -0.25) is 24.2 Å². The molecule has 2 saturated heterocycles. The van der Waals surface area contributed by atoms with Crippen LogP contribution in [0, 0.1) is 6.92 Å². The van der Waals surface area contributed by atoms with Crippen molar-refractivity contribution in [3.05, 3.63) is 47.7 Å². The Morgan fingerprint density at radius 3 is 2.46 bits per heavy atom. The second-order valence-electron chi connectivity index (χ2n) is 7.36. The molecule has 1 amide bonds. The van der Waals surface area contributed by atoms with E-state index >= 15 is 0 Å². The Kier molecular flexibility index (Phi) is 4.78. The minimum Gasteiger partial charge on any atom is -0.297 e. The topological polar surface area (TPSA) is 44.6 Å². The Morgan fingerprint density at radius 1 is 1.08 bits per heavy atom. The number of aryl methyl sites for hydroxylation is 2. The second kappa shape index (κ2) is 7.21. The van der Waals surface area contributed by atoms with E-state index in [0.29, 0.717) is 0 Å². The Balaban J connectivity index is 1.35. The van der Waals surface area contributed by atoms with Crippen LogP contribution in [0.2, 0.25) is 0 Å². The van der Waals surface area contributed by atoms with Crippen molar-refractivity contribution in [2.75, 3.05) is 37.6 Å². The van der Waals surface area contributed by atoms with Crippen molar-refractivity contribution in [3.8, 4) is 0 Å². The molecule has 1 unspecified atom stereocenters. The van der Waals surface area contributed by atoms with E-state index in [0.717, 1.165) is 57.2 Å². The summed E-state index contributed by atoms with van der Waals surface area (Å²) in [6.07, 6.45) is 0.905. The number of amides is 1. The van der Waals surface area contributed by atoms with Gasteiger partial charge in [-0.2, -0.15) is 5.10 Å². The third-order valence-corrected chi connectivity index (χ3v) is 5.53. The predicted molar refractivity (Wildman–Crippen MR) is 102 cm³/mol. The third kappa shape index (κ3) is 3.39. The molecule has 26 heavy (non-hydrogen) atoms. The van der Waals surface area contributed by atoms with Gasteiger partial charge in [0.2, 0.25) is 5.91 Å². The zero-order valence-electron chi connectivity index (χ0n) is 15.6. The number of rotatable bonds is 4. The maximum absolute atomic E-state index is 13.0. The molecule has 0 radical (unpaired) electrons. The van der Waals surface area contributed by atoms with E-state index in [2.05, 4.69) is 45.2 Å². The molecular formula is C20H27N5O. The molecule has 3 heterocycles. The molecule has 2 fully saturated rings. The maximum Gasteiger partial charge on any atom is 0.245 e. The quantitative estimate of drug-likeness (QED) is 0.838. The van der Waals surface area contributed by atoms with E-state index in [1.54, 1.807) is 0 Å². The number of carbonyl (C=O) groups is 1. The number of hydrogen-bond donors (Lipinski definition) is 0. The van der Waals surface area contributed by atoms with Crippen LogP contribution in [0.15, 0.2) is 36.4 Å². The van der Waals surface area contributed by atoms with E-state index in [1.165, 1.54) is 5.56 Å². The standard InChI is InChI=1S/C20H27N5O/c1-16-14-19(22(2)21-16)25-9-8-18(20(25)26)24-12-10-23(11-13-24)15-17-6-4-3-5-7-17/h3-7,14,18H,8-13,15H2,1-2H3. The first-order chi connectivity index (χ1) is 12.6. The molecule has 2 aliphatic rings. The lowest BCUT2D eigenvalue weighted by Gasteiger charge is -2.37. The molecule has 0 N–H and O–H groups in total. The number of nitrogens with zero attached hydrogens (tertiary/aromatic N) is 5. The van der Waals surface area contributed by atoms with Crippen LogP contribution >= 0.6 is 0 Å². The fraction of sp³-hybridized carbons (Fsp3) is 0.500. The average Bonchev–Trinajstić information content (AvgIpc) is 3.18. The first kappa shape index (κ1) is 17.2. The Bertz CT molecular complexity index is 764. The largest absolute Gasteiger partial charge is 0.297 e. The summed E-state index contributed by atoms with van der Waals surface area (Å²) in [5.74, 6) is 1.14. The smallest absolute Gasteiger partial charge is 0.245 e. The highest BCUT2D eigenvalue weighted by Gasteiger charge is 2.38. The van der Waals surface area contributed by atoms with Crippen LogP contribution in [0.25, 0.3) is 0 Å². The summed E-state index contributed by atoms with van der Waals surface area (Å²) >= 11 is 0. The summed E-state index contributed by atoms with van der Waals surface area (Å²) in [4.78, 5) is 19.7. The molecule has 138 valence electrons. The van der Waals surface area contributed by atoms with Gasteiger partial charge in [-0.25, -0.2) is 0 Å².